The van der Waals surface area contributed by atoms with Crippen LogP contribution in [0.4, 0.5) is 4.39 Å². The summed E-state index contributed by atoms with van der Waals surface area (Å²) in [6.45, 7) is -0.0590. The summed E-state index contributed by atoms with van der Waals surface area (Å²) in [4.78, 5) is 27.3. The van der Waals surface area contributed by atoms with E-state index in [-0.39, 0.29) is 33.1 Å². The molecule has 2 amide bonds. The number of hydrogen-bond acceptors (Lipinski definition) is 4. The number of nitrogens with zero attached hydrogens (tertiary/aromatic N) is 2. The van der Waals surface area contributed by atoms with Crippen LogP contribution in [-0.2, 0) is 16.2 Å². The smallest absolute Gasteiger partial charge is 0.265 e. The van der Waals surface area contributed by atoms with Gasteiger partial charge in [0.1, 0.15) is 18.0 Å². The molecule has 0 radical (unpaired) electrons. The van der Waals surface area contributed by atoms with Crippen LogP contribution in [0.5, 0.6) is 5.75 Å². The Morgan fingerprint density at radius 1 is 1.07 bits per heavy atom. The molecule has 0 bridgehead atoms. The summed E-state index contributed by atoms with van der Waals surface area (Å²) >= 11 is 17.6. The molecule has 3 rings (SSSR count). The maximum atomic E-state index is 13.7. The number of carbonyl (C=O) groups is 2. The molecule has 1 heterocycles. The normalized spacial score (nSPS) is 14.5. The molecule has 5 nitrogen and oxygen atoms in total. The average Bonchev–Trinajstić information content (AvgIpc) is 2.69. The number of likely N-dealkylation sites (N-methyl/N-ethyl adjacent to an activating group) is 2. The van der Waals surface area contributed by atoms with E-state index in [1.54, 1.807) is 18.2 Å². The van der Waals surface area contributed by atoms with Crippen molar-refractivity contribution in [2.45, 2.75) is 6.61 Å². The minimum absolute atomic E-state index is 0.0590. The maximum Gasteiger partial charge on any atom is 0.265 e. The van der Waals surface area contributed by atoms with Crippen molar-refractivity contribution in [1.82, 2.24) is 9.80 Å². The molecule has 1 saturated heterocycles. The lowest BCUT2D eigenvalue weighted by Gasteiger charge is -2.31. The first-order valence-electron chi connectivity index (χ1n) is 8.37. The Morgan fingerprint density at radius 2 is 1.62 bits per heavy atom. The van der Waals surface area contributed by atoms with E-state index >= 15 is 0 Å². The highest BCUT2D eigenvalue weighted by Crippen LogP contribution is 2.36. The second kappa shape index (κ2) is 8.49. The first kappa shape index (κ1) is 21.2. The van der Waals surface area contributed by atoms with Gasteiger partial charge in [0.05, 0.1) is 10.0 Å². The number of carbonyl (C=O) groups excluding carboxylic acids is 2. The van der Waals surface area contributed by atoms with Gasteiger partial charge in [0.15, 0.2) is 10.9 Å². The third-order valence-corrected chi connectivity index (χ3v) is 5.41. The summed E-state index contributed by atoms with van der Waals surface area (Å²) < 4.78 is 19.3. The summed E-state index contributed by atoms with van der Waals surface area (Å²) in [5.41, 5.74) is 0.714. The number of halogens is 3. The lowest BCUT2D eigenvalue weighted by atomic mass is 10.1. The molecule has 0 aliphatic carbocycles. The molecule has 1 aliphatic heterocycles. The molecule has 0 aromatic heterocycles. The minimum Gasteiger partial charge on any atom is -0.486 e. The first-order chi connectivity index (χ1) is 13.7. The van der Waals surface area contributed by atoms with Crippen LogP contribution < -0.4 is 4.74 Å². The molecule has 2 aromatic carbocycles. The molecule has 0 unspecified atom stereocenters. The lowest BCUT2D eigenvalue weighted by Crippen LogP contribution is -2.52. The van der Waals surface area contributed by atoms with E-state index < -0.39 is 17.6 Å². The SMILES string of the molecule is CN1C(=O)C(=Cc2cc(Cl)c(OCc3ccccc3F)c(Cl)c2)C(=O)N(C)C1=S. The summed E-state index contributed by atoms with van der Waals surface area (Å²) in [6.07, 6.45) is 1.39. The fourth-order valence-electron chi connectivity index (χ4n) is 2.71. The molecule has 9 heteroatoms. The quantitative estimate of drug-likeness (QED) is 0.394. The van der Waals surface area contributed by atoms with Crippen molar-refractivity contribution in [2.24, 2.45) is 0 Å². The Bertz CT molecular complexity index is 1010. The van der Waals surface area contributed by atoms with Crippen LogP contribution in [0.15, 0.2) is 42.0 Å². The zero-order chi connectivity index (χ0) is 21.3. The lowest BCUT2D eigenvalue weighted by molar-refractivity contribution is -0.132. The molecule has 0 atom stereocenters. The Balaban J connectivity index is 1.88. The van der Waals surface area contributed by atoms with Gasteiger partial charge in [-0.3, -0.25) is 19.4 Å². The average molecular weight is 453 g/mol. The van der Waals surface area contributed by atoms with Gasteiger partial charge in [0.2, 0.25) is 0 Å². The number of ether oxygens (including phenoxy) is 1. The van der Waals surface area contributed by atoms with E-state index in [1.165, 1.54) is 48.2 Å². The number of rotatable bonds is 4. The standard InChI is InChI=1S/C20H15Cl2FN2O3S/c1-24-18(26)13(19(27)25(2)20(24)29)7-11-8-14(21)17(15(22)9-11)28-10-12-5-3-4-6-16(12)23/h3-9H,10H2,1-2H3. The third kappa shape index (κ3) is 4.27. The molecule has 1 aliphatic rings. The van der Waals surface area contributed by atoms with Gasteiger partial charge >= 0.3 is 0 Å². The molecule has 2 aromatic rings. The van der Waals surface area contributed by atoms with E-state index in [0.717, 1.165) is 0 Å². The topological polar surface area (TPSA) is 49.9 Å². The summed E-state index contributed by atoms with van der Waals surface area (Å²) in [5.74, 6) is -1.27. The van der Waals surface area contributed by atoms with Crippen molar-refractivity contribution in [1.29, 1.82) is 0 Å². The zero-order valence-corrected chi connectivity index (χ0v) is 17.7. The van der Waals surface area contributed by atoms with Gasteiger partial charge in [-0.1, -0.05) is 41.4 Å². The van der Waals surface area contributed by atoms with Crippen LogP contribution in [0.2, 0.25) is 10.0 Å². The molecule has 0 spiro atoms. The van der Waals surface area contributed by atoms with E-state index in [9.17, 15) is 14.0 Å². The molecule has 0 saturated carbocycles. The highest BCUT2D eigenvalue weighted by Gasteiger charge is 2.35. The second-order valence-electron chi connectivity index (χ2n) is 6.26. The van der Waals surface area contributed by atoms with Crippen molar-refractivity contribution < 1.29 is 18.7 Å². The van der Waals surface area contributed by atoms with Gasteiger partial charge in [0.25, 0.3) is 11.8 Å². The number of benzene rings is 2. The summed E-state index contributed by atoms with van der Waals surface area (Å²) in [6, 6.07) is 9.20. The van der Waals surface area contributed by atoms with Crippen LogP contribution in [-0.4, -0.2) is 40.8 Å². The van der Waals surface area contributed by atoms with Crippen LogP contribution in [0.3, 0.4) is 0 Å². The van der Waals surface area contributed by atoms with Crippen LogP contribution in [0.1, 0.15) is 11.1 Å². The van der Waals surface area contributed by atoms with Gasteiger partial charge < -0.3 is 4.74 Å². The number of thiocarbonyl (C=S) groups is 1. The van der Waals surface area contributed by atoms with Crippen molar-refractivity contribution in [3.05, 3.63) is 69.0 Å². The fraction of sp³-hybridized carbons (Fsp3) is 0.150. The van der Waals surface area contributed by atoms with E-state index in [4.69, 9.17) is 40.2 Å². The highest BCUT2D eigenvalue weighted by atomic mass is 35.5. The third-order valence-electron chi connectivity index (χ3n) is 4.31. The van der Waals surface area contributed by atoms with Crippen LogP contribution in [0, 0.1) is 5.82 Å². The Kier molecular flexibility index (Phi) is 6.21. The second-order valence-corrected chi connectivity index (χ2v) is 7.44. The first-order valence-corrected chi connectivity index (χ1v) is 9.54. The predicted octanol–water partition coefficient (Wildman–Crippen LogP) is 4.31. The van der Waals surface area contributed by atoms with Crippen molar-refractivity contribution in [3.63, 3.8) is 0 Å². The van der Waals surface area contributed by atoms with Crippen LogP contribution in [0.25, 0.3) is 6.08 Å². The van der Waals surface area contributed by atoms with Crippen molar-refractivity contribution >= 4 is 58.4 Å². The largest absolute Gasteiger partial charge is 0.486 e. The van der Waals surface area contributed by atoms with E-state index in [2.05, 4.69) is 0 Å². The van der Waals surface area contributed by atoms with Gasteiger partial charge in [-0.2, -0.15) is 0 Å². The Morgan fingerprint density at radius 3 is 2.17 bits per heavy atom. The molecule has 29 heavy (non-hydrogen) atoms. The monoisotopic (exact) mass is 452 g/mol. The Labute approximate surface area is 182 Å². The molecule has 0 N–H and O–H groups in total. The van der Waals surface area contributed by atoms with Gasteiger partial charge in [-0.25, -0.2) is 4.39 Å². The summed E-state index contributed by atoms with van der Waals surface area (Å²) in [5, 5.41) is 0.437. The number of hydrogen-bond donors (Lipinski definition) is 0. The zero-order valence-electron chi connectivity index (χ0n) is 15.4. The molecular weight excluding hydrogens is 438 g/mol. The Hall–Kier alpha value is -2.48. The predicted molar refractivity (Wildman–Crippen MR) is 113 cm³/mol. The van der Waals surface area contributed by atoms with Gasteiger partial charge in [-0.05, 0) is 42.1 Å². The minimum atomic E-state index is -0.523. The maximum absolute atomic E-state index is 13.7. The molecule has 1 fully saturated rings. The van der Waals surface area contributed by atoms with E-state index in [0.29, 0.717) is 11.1 Å². The van der Waals surface area contributed by atoms with Gasteiger partial charge in [0, 0.05) is 19.7 Å². The van der Waals surface area contributed by atoms with Crippen LogP contribution >= 0.6 is 35.4 Å². The van der Waals surface area contributed by atoms with Gasteiger partial charge in [-0.15, -0.1) is 0 Å². The van der Waals surface area contributed by atoms with E-state index in [1.807, 2.05) is 0 Å². The van der Waals surface area contributed by atoms with Crippen molar-refractivity contribution in [2.75, 3.05) is 14.1 Å². The number of amides is 2. The fourth-order valence-corrected chi connectivity index (χ4v) is 3.49. The highest BCUT2D eigenvalue weighted by molar-refractivity contribution is 7.80. The molecule has 150 valence electrons. The summed E-state index contributed by atoms with van der Waals surface area (Å²) in [7, 11) is 2.97. The molecular formula is C20H15Cl2FN2O3S. The van der Waals surface area contributed by atoms with Crippen molar-refractivity contribution in [3.8, 4) is 5.75 Å².